The fourth-order valence-electron chi connectivity index (χ4n) is 5.52. The predicted octanol–water partition coefficient (Wildman–Crippen LogP) is 4.47. The van der Waals surface area contributed by atoms with Gasteiger partial charge < -0.3 is 24.4 Å². The molecule has 0 bridgehead atoms. The van der Waals surface area contributed by atoms with Gasteiger partial charge in [0.1, 0.15) is 0 Å². The van der Waals surface area contributed by atoms with E-state index >= 15 is 0 Å². The van der Waals surface area contributed by atoms with Crippen molar-refractivity contribution in [2.24, 2.45) is 0 Å². The fraction of sp³-hybridized carbons (Fsp3) is 0.414. The molecule has 2 atom stereocenters. The highest BCUT2D eigenvalue weighted by atomic mass is 35.5. The Bertz CT molecular complexity index is 1400. The molecule has 3 aliphatic heterocycles. The number of carbonyl (C=O) groups is 3. The molecule has 10 nitrogen and oxygen atoms in total. The molecule has 0 saturated carbocycles. The Labute approximate surface area is 248 Å². The van der Waals surface area contributed by atoms with Gasteiger partial charge in [-0.3, -0.25) is 14.6 Å². The number of esters is 1. The zero-order chi connectivity index (χ0) is 29.3. The second-order valence-electron chi connectivity index (χ2n) is 10.0. The van der Waals surface area contributed by atoms with E-state index in [0.717, 1.165) is 0 Å². The Balaban J connectivity index is 1.42. The Kier molecular flexibility index (Phi) is 8.63. The first-order valence-corrected chi connectivity index (χ1v) is 14.3. The number of rotatable bonds is 7. The number of hydrogen-bond donors (Lipinski definition) is 1. The van der Waals surface area contributed by atoms with E-state index in [1.807, 2.05) is 18.7 Å². The number of amides is 3. The monoisotopic (exact) mass is 602 g/mol. The lowest BCUT2D eigenvalue weighted by atomic mass is 9.93. The Morgan fingerprint density at radius 2 is 1.88 bits per heavy atom. The van der Waals surface area contributed by atoms with E-state index in [9.17, 15) is 14.4 Å². The van der Waals surface area contributed by atoms with Crippen LogP contribution < -0.4 is 14.8 Å². The van der Waals surface area contributed by atoms with Crippen LogP contribution in [0.3, 0.4) is 0 Å². The van der Waals surface area contributed by atoms with Crippen molar-refractivity contribution in [2.45, 2.75) is 32.9 Å². The summed E-state index contributed by atoms with van der Waals surface area (Å²) in [4.78, 5) is 45.6. The largest absolute Gasteiger partial charge is 0.463 e. The molecule has 41 heavy (non-hydrogen) atoms. The van der Waals surface area contributed by atoms with Crippen molar-refractivity contribution >= 4 is 41.1 Å². The Morgan fingerprint density at radius 3 is 2.61 bits per heavy atom. The summed E-state index contributed by atoms with van der Waals surface area (Å²) in [6, 6.07) is 9.00. The number of fused-ring (bicyclic) bond motifs is 1. The van der Waals surface area contributed by atoms with E-state index in [4.69, 9.17) is 37.4 Å². The third-order valence-corrected chi connectivity index (χ3v) is 8.34. The third kappa shape index (κ3) is 5.68. The lowest BCUT2D eigenvalue weighted by Crippen LogP contribution is -2.56. The molecule has 0 spiro atoms. The smallest absolute Gasteiger partial charge is 0.338 e. The number of benzene rings is 2. The van der Waals surface area contributed by atoms with Crippen LogP contribution in [0.15, 0.2) is 47.7 Å². The van der Waals surface area contributed by atoms with Crippen LogP contribution in [0, 0.1) is 0 Å². The highest BCUT2D eigenvalue weighted by Gasteiger charge is 2.40. The standard InChI is InChI=1S/C29H32Cl2N4O6/c1-4-34-21(24(28(37)39-5-2)26(32-29(34)38)19-7-6-8-20(30)25(19)31)15-33-11-12-35(17(3)14-33)27(36)18-9-10-22-23(13-18)41-16-40-22/h6-10,13,17,26H,4-5,11-12,14-16H2,1-3H3,(H,32,38)/t17-,26-/m1/s1. The lowest BCUT2D eigenvalue weighted by molar-refractivity contribution is -0.139. The van der Waals surface area contributed by atoms with Crippen LogP contribution in [0.25, 0.3) is 0 Å². The van der Waals surface area contributed by atoms with Crippen LogP contribution in [0.5, 0.6) is 11.5 Å². The minimum Gasteiger partial charge on any atom is -0.463 e. The van der Waals surface area contributed by atoms with E-state index in [-0.39, 0.29) is 36.4 Å². The summed E-state index contributed by atoms with van der Waals surface area (Å²) < 4.78 is 16.3. The van der Waals surface area contributed by atoms with E-state index in [2.05, 4.69) is 10.2 Å². The van der Waals surface area contributed by atoms with Crippen LogP contribution in [0.2, 0.25) is 10.0 Å². The molecule has 3 heterocycles. The van der Waals surface area contributed by atoms with Gasteiger partial charge in [0.15, 0.2) is 11.5 Å². The summed E-state index contributed by atoms with van der Waals surface area (Å²) in [7, 11) is 0. The fourth-order valence-corrected chi connectivity index (χ4v) is 5.94. The number of ether oxygens (including phenoxy) is 3. The molecule has 1 saturated heterocycles. The Morgan fingerprint density at radius 1 is 1.10 bits per heavy atom. The molecule has 12 heteroatoms. The maximum absolute atomic E-state index is 13.4. The first kappa shape index (κ1) is 29.0. The molecule has 1 fully saturated rings. The quantitative estimate of drug-likeness (QED) is 0.467. The van der Waals surface area contributed by atoms with Crippen molar-refractivity contribution in [3.63, 3.8) is 0 Å². The first-order chi connectivity index (χ1) is 19.7. The third-order valence-electron chi connectivity index (χ3n) is 7.51. The summed E-state index contributed by atoms with van der Waals surface area (Å²) in [5.41, 5.74) is 1.89. The Hall–Kier alpha value is -3.47. The molecular weight excluding hydrogens is 571 g/mol. The number of carbonyl (C=O) groups excluding carboxylic acids is 3. The topological polar surface area (TPSA) is 101 Å². The van der Waals surface area contributed by atoms with Crippen molar-refractivity contribution < 1.29 is 28.6 Å². The van der Waals surface area contributed by atoms with Gasteiger partial charge in [-0.25, -0.2) is 9.59 Å². The van der Waals surface area contributed by atoms with Crippen LogP contribution in [0.1, 0.15) is 42.7 Å². The maximum atomic E-state index is 13.4. The molecule has 0 unspecified atom stereocenters. The zero-order valence-electron chi connectivity index (χ0n) is 23.1. The van der Waals surface area contributed by atoms with Gasteiger partial charge in [-0.2, -0.15) is 0 Å². The summed E-state index contributed by atoms with van der Waals surface area (Å²) in [5.74, 6) is 0.557. The van der Waals surface area contributed by atoms with E-state index in [0.29, 0.717) is 71.6 Å². The summed E-state index contributed by atoms with van der Waals surface area (Å²) in [6.45, 7) is 8.08. The van der Waals surface area contributed by atoms with Crippen molar-refractivity contribution in [2.75, 3.05) is 46.1 Å². The molecule has 3 aliphatic rings. The number of likely N-dealkylation sites (N-methyl/N-ethyl adjacent to an activating group) is 1. The number of halogens is 2. The van der Waals surface area contributed by atoms with Gasteiger partial charge in [0.05, 0.1) is 28.3 Å². The van der Waals surface area contributed by atoms with E-state index in [1.54, 1.807) is 48.2 Å². The van der Waals surface area contributed by atoms with Crippen LogP contribution in [-0.4, -0.2) is 84.8 Å². The van der Waals surface area contributed by atoms with Gasteiger partial charge in [-0.05, 0) is 50.6 Å². The SMILES string of the molecule is CCOC(=O)C1=C(CN2CCN(C(=O)c3ccc4c(c3)OCO4)[C@H](C)C2)N(CC)C(=O)N[C@@H]1c1cccc(Cl)c1Cl. The average molecular weight is 604 g/mol. The molecule has 3 amide bonds. The van der Waals surface area contributed by atoms with Crippen LogP contribution in [-0.2, 0) is 9.53 Å². The predicted molar refractivity (Wildman–Crippen MR) is 153 cm³/mol. The summed E-state index contributed by atoms with van der Waals surface area (Å²) in [6.07, 6.45) is 0. The summed E-state index contributed by atoms with van der Waals surface area (Å²) in [5, 5.41) is 3.50. The van der Waals surface area contributed by atoms with Gasteiger partial charge in [0.2, 0.25) is 6.79 Å². The first-order valence-electron chi connectivity index (χ1n) is 13.6. The molecule has 1 N–H and O–H groups in total. The van der Waals surface area contributed by atoms with Crippen molar-refractivity contribution in [1.29, 1.82) is 0 Å². The van der Waals surface area contributed by atoms with E-state index in [1.165, 1.54) is 0 Å². The molecule has 5 rings (SSSR count). The van der Waals surface area contributed by atoms with Gasteiger partial charge in [-0.15, -0.1) is 0 Å². The minimum absolute atomic E-state index is 0.0928. The molecule has 0 radical (unpaired) electrons. The number of nitrogens with one attached hydrogen (secondary N) is 1. The number of urea groups is 1. The molecule has 2 aromatic carbocycles. The van der Waals surface area contributed by atoms with Crippen LogP contribution in [0.4, 0.5) is 4.79 Å². The second kappa shape index (κ2) is 12.2. The minimum atomic E-state index is -0.836. The molecule has 0 aromatic heterocycles. The number of piperazine rings is 1. The van der Waals surface area contributed by atoms with Gasteiger partial charge in [-0.1, -0.05) is 35.3 Å². The number of hydrogen-bond acceptors (Lipinski definition) is 7. The van der Waals surface area contributed by atoms with Crippen LogP contribution >= 0.6 is 23.2 Å². The van der Waals surface area contributed by atoms with Crippen molar-refractivity contribution in [3.8, 4) is 11.5 Å². The second-order valence-corrected chi connectivity index (χ2v) is 10.8. The highest BCUT2D eigenvalue weighted by molar-refractivity contribution is 6.42. The zero-order valence-corrected chi connectivity index (χ0v) is 24.6. The van der Waals surface area contributed by atoms with E-state index < -0.39 is 12.0 Å². The molecule has 2 aromatic rings. The molecule has 0 aliphatic carbocycles. The van der Waals surface area contributed by atoms with Gasteiger partial charge in [0.25, 0.3) is 5.91 Å². The summed E-state index contributed by atoms with van der Waals surface area (Å²) >= 11 is 12.8. The average Bonchev–Trinajstić information content (AvgIpc) is 3.42. The molecule has 218 valence electrons. The molecular formula is C29H32Cl2N4O6. The lowest BCUT2D eigenvalue weighted by Gasteiger charge is -2.43. The van der Waals surface area contributed by atoms with Crippen molar-refractivity contribution in [1.82, 2.24) is 20.0 Å². The normalized spacial score (nSPS) is 20.8. The highest BCUT2D eigenvalue weighted by Crippen LogP contribution is 2.38. The van der Waals surface area contributed by atoms with Gasteiger partial charge >= 0.3 is 12.0 Å². The van der Waals surface area contributed by atoms with Crippen molar-refractivity contribution in [3.05, 3.63) is 68.8 Å². The maximum Gasteiger partial charge on any atom is 0.338 e. The van der Waals surface area contributed by atoms with Gasteiger partial charge in [0, 0.05) is 50.0 Å². The number of nitrogens with zero attached hydrogens (tertiary/aromatic N) is 3.